The molecule has 0 bridgehead atoms. The smallest absolute Gasteiger partial charge is 0.338 e. The predicted molar refractivity (Wildman–Crippen MR) is 128 cm³/mol. The molecule has 0 saturated carbocycles. The number of aryl methyl sites for hydroxylation is 2. The number of ether oxygens (including phenoxy) is 1. The van der Waals surface area contributed by atoms with E-state index in [0.29, 0.717) is 11.6 Å². The second-order valence-electron chi connectivity index (χ2n) is 8.09. The van der Waals surface area contributed by atoms with Gasteiger partial charge in [0.25, 0.3) is 11.6 Å². The van der Waals surface area contributed by atoms with Crippen molar-refractivity contribution in [1.82, 2.24) is 10.2 Å². The minimum atomic E-state index is -0.805. The molecular weight excluding hydrogens is 474 g/mol. The Bertz CT molecular complexity index is 1350. The van der Waals surface area contributed by atoms with Crippen molar-refractivity contribution in [3.8, 4) is 0 Å². The normalized spacial score (nSPS) is 15.2. The highest BCUT2D eigenvalue weighted by Gasteiger charge is 2.34. The van der Waals surface area contributed by atoms with Crippen LogP contribution in [0.5, 0.6) is 0 Å². The molecule has 2 heterocycles. The van der Waals surface area contributed by atoms with Gasteiger partial charge in [-0.25, -0.2) is 4.79 Å². The average molecular weight is 496 g/mol. The molecule has 1 fully saturated rings. The summed E-state index contributed by atoms with van der Waals surface area (Å²) in [5.41, 5.74) is 2.41. The van der Waals surface area contributed by atoms with E-state index in [1.807, 2.05) is 32.0 Å². The minimum absolute atomic E-state index is 0.0222. The summed E-state index contributed by atoms with van der Waals surface area (Å²) < 4.78 is 4.60. The van der Waals surface area contributed by atoms with E-state index in [1.54, 1.807) is 4.90 Å². The zero-order valence-corrected chi connectivity index (χ0v) is 19.9. The fraction of sp³-hybridized carbons (Fsp3) is 0.261. The summed E-state index contributed by atoms with van der Waals surface area (Å²) in [6, 6.07) is 9.15. The van der Waals surface area contributed by atoms with Gasteiger partial charge in [-0.15, -0.1) is 10.2 Å². The van der Waals surface area contributed by atoms with E-state index in [0.717, 1.165) is 47.4 Å². The Labute approximate surface area is 203 Å². The van der Waals surface area contributed by atoms with Crippen LogP contribution in [0.2, 0.25) is 0 Å². The SMILES string of the molecule is COC(=O)c1cc(C(=O)Nc2nnc(C3CC(=O)N(c4ccc(C)c(C)c4)C3)s2)cc([N+](=O)[O-])c1. The maximum Gasteiger partial charge on any atom is 0.338 e. The summed E-state index contributed by atoms with van der Waals surface area (Å²) in [6.45, 7) is 4.44. The summed E-state index contributed by atoms with van der Waals surface area (Å²) in [5, 5.41) is 22.7. The fourth-order valence-corrected chi connectivity index (χ4v) is 4.55. The molecule has 1 aliphatic heterocycles. The van der Waals surface area contributed by atoms with Gasteiger partial charge in [-0.2, -0.15) is 0 Å². The van der Waals surface area contributed by atoms with Crippen molar-refractivity contribution in [2.75, 3.05) is 23.9 Å². The highest BCUT2D eigenvalue weighted by molar-refractivity contribution is 7.15. The number of nitro groups is 1. The standard InChI is InChI=1S/C23H21N5O6S/c1-12-4-5-17(6-13(12)2)27-11-16(10-19(27)29)21-25-26-23(35-21)24-20(30)14-7-15(22(31)34-3)9-18(8-14)28(32)33/h4-9,16H,10-11H2,1-3H3,(H,24,26,30). The van der Waals surface area contributed by atoms with Gasteiger partial charge in [-0.05, 0) is 43.2 Å². The number of nitrogens with zero attached hydrogens (tertiary/aromatic N) is 4. The van der Waals surface area contributed by atoms with E-state index in [-0.39, 0.29) is 34.5 Å². The number of nitro benzene ring substituents is 1. The largest absolute Gasteiger partial charge is 0.465 e. The molecular formula is C23H21N5O6S. The monoisotopic (exact) mass is 495 g/mol. The number of carbonyl (C=O) groups excluding carboxylic acids is 3. The first-order valence-corrected chi connectivity index (χ1v) is 11.4. The van der Waals surface area contributed by atoms with Crippen LogP contribution < -0.4 is 10.2 Å². The van der Waals surface area contributed by atoms with Crippen LogP contribution in [0.3, 0.4) is 0 Å². The number of hydrogen-bond donors (Lipinski definition) is 1. The van der Waals surface area contributed by atoms with Crippen LogP contribution in [0.15, 0.2) is 36.4 Å². The van der Waals surface area contributed by atoms with Crippen molar-refractivity contribution in [3.05, 3.63) is 73.8 Å². The van der Waals surface area contributed by atoms with Crippen molar-refractivity contribution in [2.45, 2.75) is 26.2 Å². The first-order valence-electron chi connectivity index (χ1n) is 10.6. The van der Waals surface area contributed by atoms with Crippen molar-refractivity contribution in [3.63, 3.8) is 0 Å². The molecule has 2 aromatic carbocycles. The highest BCUT2D eigenvalue weighted by atomic mass is 32.1. The third-order valence-corrected chi connectivity index (χ3v) is 6.75. The number of esters is 1. The van der Waals surface area contributed by atoms with Gasteiger partial charge in [0.2, 0.25) is 11.0 Å². The number of amides is 2. The van der Waals surface area contributed by atoms with Crippen LogP contribution in [-0.4, -0.2) is 46.6 Å². The van der Waals surface area contributed by atoms with E-state index >= 15 is 0 Å². The molecule has 11 nitrogen and oxygen atoms in total. The average Bonchev–Trinajstić information content (AvgIpc) is 3.46. The lowest BCUT2D eigenvalue weighted by Gasteiger charge is -2.17. The molecule has 1 unspecified atom stereocenters. The van der Waals surface area contributed by atoms with Gasteiger partial charge in [0.15, 0.2) is 0 Å². The Hall–Kier alpha value is -4.19. The van der Waals surface area contributed by atoms with Crippen molar-refractivity contribution in [1.29, 1.82) is 0 Å². The van der Waals surface area contributed by atoms with Crippen LogP contribution in [0.1, 0.15) is 49.2 Å². The number of aromatic nitrogens is 2. The van der Waals surface area contributed by atoms with Gasteiger partial charge in [-0.3, -0.25) is 25.0 Å². The molecule has 3 aromatic rings. The second kappa shape index (κ2) is 9.58. The van der Waals surface area contributed by atoms with Crippen LogP contribution in [0.4, 0.5) is 16.5 Å². The molecule has 180 valence electrons. The van der Waals surface area contributed by atoms with Gasteiger partial charge in [-0.1, -0.05) is 17.4 Å². The molecule has 1 aliphatic rings. The topological polar surface area (TPSA) is 145 Å². The van der Waals surface area contributed by atoms with Gasteiger partial charge in [0.1, 0.15) is 5.01 Å². The summed E-state index contributed by atoms with van der Waals surface area (Å²) in [4.78, 5) is 49.4. The Kier molecular flexibility index (Phi) is 6.56. The molecule has 4 rings (SSSR count). The number of rotatable bonds is 6. The van der Waals surface area contributed by atoms with Gasteiger partial charge >= 0.3 is 5.97 Å². The third kappa shape index (κ3) is 5.01. The number of anilines is 2. The van der Waals surface area contributed by atoms with E-state index in [2.05, 4.69) is 20.3 Å². The predicted octanol–water partition coefficient (Wildman–Crippen LogP) is 3.62. The molecule has 12 heteroatoms. The lowest BCUT2D eigenvalue weighted by Crippen LogP contribution is -2.24. The number of non-ortho nitro benzene ring substituents is 1. The third-order valence-electron chi connectivity index (χ3n) is 5.75. The first kappa shape index (κ1) is 24.0. The number of nitrogens with one attached hydrogen (secondary N) is 1. The highest BCUT2D eigenvalue weighted by Crippen LogP contribution is 2.35. The molecule has 0 spiro atoms. The molecule has 35 heavy (non-hydrogen) atoms. The van der Waals surface area contributed by atoms with Crippen molar-refractivity contribution >= 4 is 45.6 Å². The van der Waals surface area contributed by atoms with Crippen LogP contribution in [-0.2, 0) is 9.53 Å². The molecule has 1 aromatic heterocycles. The zero-order chi connectivity index (χ0) is 25.3. The van der Waals surface area contributed by atoms with E-state index in [1.165, 1.54) is 6.07 Å². The van der Waals surface area contributed by atoms with Crippen LogP contribution in [0, 0.1) is 24.0 Å². The molecule has 1 N–H and O–H groups in total. The maximum absolute atomic E-state index is 12.7. The van der Waals surface area contributed by atoms with Gasteiger partial charge in [0, 0.05) is 42.3 Å². The fourth-order valence-electron chi connectivity index (χ4n) is 3.72. The number of carbonyl (C=O) groups is 3. The van der Waals surface area contributed by atoms with E-state index in [9.17, 15) is 24.5 Å². The quantitative estimate of drug-likeness (QED) is 0.310. The molecule has 0 aliphatic carbocycles. The Balaban J connectivity index is 1.50. The number of hydrogen-bond acceptors (Lipinski definition) is 9. The summed E-state index contributed by atoms with van der Waals surface area (Å²) >= 11 is 1.12. The molecule has 0 radical (unpaired) electrons. The second-order valence-corrected chi connectivity index (χ2v) is 9.10. The zero-order valence-electron chi connectivity index (χ0n) is 19.1. The first-order chi connectivity index (χ1) is 16.7. The Morgan fingerprint density at radius 3 is 2.57 bits per heavy atom. The van der Waals surface area contributed by atoms with E-state index < -0.39 is 22.5 Å². The Morgan fingerprint density at radius 1 is 1.14 bits per heavy atom. The van der Waals surface area contributed by atoms with Crippen molar-refractivity contribution < 1.29 is 24.0 Å². The van der Waals surface area contributed by atoms with Gasteiger partial charge in [0.05, 0.1) is 17.6 Å². The number of methoxy groups -OCH3 is 1. The molecule has 1 atom stereocenters. The minimum Gasteiger partial charge on any atom is -0.465 e. The Morgan fingerprint density at radius 2 is 1.89 bits per heavy atom. The lowest BCUT2D eigenvalue weighted by atomic mass is 10.1. The summed E-state index contributed by atoms with van der Waals surface area (Å²) in [5.74, 6) is -1.71. The molecule has 2 amide bonds. The summed E-state index contributed by atoms with van der Waals surface area (Å²) in [6.07, 6.45) is 0.267. The summed E-state index contributed by atoms with van der Waals surface area (Å²) in [7, 11) is 1.14. The van der Waals surface area contributed by atoms with E-state index in [4.69, 9.17) is 0 Å². The van der Waals surface area contributed by atoms with Gasteiger partial charge < -0.3 is 9.64 Å². The van der Waals surface area contributed by atoms with Crippen LogP contribution in [0.25, 0.3) is 0 Å². The lowest BCUT2D eigenvalue weighted by molar-refractivity contribution is -0.384. The van der Waals surface area contributed by atoms with Crippen molar-refractivity contribution in [2.24, 2.45) is 0 Å². The van der Waals surface area contributed by atoms with Crippen LogP contribution >= 0.6 is 11.3 Å². The number of benzene rings is 2. The molecule has 1 saturated heterocycles. The maximum atomic E-state index is 12.7.